The molecule has 3 aromatic heterocycles. The first-order valence-electron chi connectivity index (χ1n) is 11.7. The van der Waals surface area contributed by atoms with Gasteiger partial charge in [0.05, 0.1) is 18.8 Å². The largest absolute Gasteiger partial charge is 0.385 e. The van der Waals surface area contributed by atoms with Crippen LogP contribution in [0.15, 0.2) is 65.6 Å². The summed E-state index contributed by atoms with van der Waals surface area (Å²) in [5, 5.41) is 14.0. The van der Waals surface area contributed by atoms with Crippen molar-refractivity contribution in [1.29, 1.82) is 0 Å². The molecule has 9 nitrogen and oxygen atoms in total. The normalized spacial score (nSPS) is 14.1. The molecule has 0 aliphatic carbocycles. The van der Waals surface area contributed by atoms with Gasteiger partial charge in [-0.05, 0) is 43.3 Å². The highest BCUT2D eigenvalue weighted by Gasteiger charge is 2.25. The molecule has 2 amide bonds. The Labute approximate surface area is 209 Å². The van der Waals surface area contributed by atoms with Gasteiger partial charge in [-0.2, -0.15) is 0 Å². The van der Waals surface area contributed by atoms with Gasteiger partial charge in [-0.15, -0.1) is 0 Å². The second-order valence-electron chi connectivity index (χ2n) is 8.76. The van der Waals surface area contributed by atoms with Gasteiger partial charge in [-0.1, -0.05) is 17.0 Å². The van der Waals surface area contributed by atoms with Crippen LogP contribution >= 0.6 is 0 Å². The zero-order valence-corrected chi connectivity index (χ0v) is 20.1. The molecule has 0 spiro atoms. The third-order valence-electron chi connectivity index (χ3n) is 6.01. The van der Waals surface area contributed by atoms with Crippen LogP contribution in [-0.4, -0.2) is 60.8 Å². The van der Waals surface area contributed by atoms with Gasteiger partial charge in [0.15, 0.2) is 5.76 Å². The van der Waals surface area contributed by atoms with E-state index in [1.807, 2.05) is 47.0 Å². The van der Waals surface area contributed by atoms with Crippen LogP contribution < -0.4 is 0 Å². The van der Waals surface area contributed by atoms with Crippen LogP contribution in [0, 0.1) is 11.8 Å². The van der Waals surface area contributed by atoms with Crippen LogP contribution in [0.3, 0.4) is 0 Å². The Balaban J connectivity index is 1.21. The number of amides is 2. The molecular formula is C27H26N6O3. The molecule has 0 radical (unpaired) electrons. The van der Waals surface area contributed by atoms with Gasteiger partial charge in [0.2, 0.25) is 0 Å². The standard InChI is InChI=1S/C27H26N6O3/c1-19(34)26-28-11-12-32(26)18-24-15-25(36-30-24)22-8-5-20(6-9-22)3-4-21-7-10-23(29-16-21)17-33-14-13-31(2)27(33)35/h5-12,15-16,19,34H,13-14,17-18H2,1-2H3/t19-/m0/s1. The molecule has 0 bridgehead atoms. The second-order valence-corrected chi connectivity index (χ2v) is 8.76. The Morgan fingerprint density at radius 3 is 2.50 bits per heavy atom. The number of carbonyl (C=O) groups excluding carboxylic acids is 1. The molecule has 0 saturated carbocycles. The van der Waals surface area contributed by atoms with E-state index in [0.29, 0.717) is 24.7 Å². The van der Waals surface area contributed by atoms with Crippen molar-refractivity contribution in [3.8, 4) is 23.2 Å². The summed E-state index contributed by atoms with van der Waals surface area (Å²) >= 11 is 0. The van der Waals surface area contributed by atoms with Crippen molar-refractivity contribution in [2.75, 3.05) is 20.1 Å². The maximum absolute atomic E-state index is 12.0. The summed E-state index contributed by atoms with van der Waals surface area (Å²) in [5.74, 6) is 7.53. The minimum absolute atomic E-state index is 0.0364. The summed E-state index contributed by atoms with van der Waals surface area (Å²) < 4.78 is 7.37. The summed E-state index contributed by atoms with van der Waals surface area (Å²) in [7, 11) is 1.81. The molecule has 182 valence electrons. The minimum Gasteiger partial charge on any atom is -0.385 e. The predicted octanol–water partition coefficient (Wildman–Crippen LogP) is 3.30. The molecule has 4 aromatic rings. The fraction of sp³-hybridized carbons (Fsp3) is 0.259. The zero-order chi connectivity index (χ0) is 25.1. The fourth-order valence-corrected chi connectivity index (χ4v) is 4.02. The number of hydrogen-bond acceptors (Lipinski definition) is 6. The van der Waals surface area contributed by atoms with Gasteiger partial charge in [0, 0.05) is 61.5 Å². The average Bonchev–Trinajstić information content (AvgIpc) is 3.62. The summed E-state index contributed by atoms with van der Waals surface area (Å²) in [6, 6.07) is 13.5. The van der Waals surface area contributed by atoms with Crippen LogP contribution in [0.5, 0.6) is 0 Å². The van der Waals surface area contributed by atoms with Gasteiger partial charge in [-0.25, -0.2) is 9.78 Å². The third kappa shape index (κ3) is 5.14. The highest BCUT2D eigenvalue weighted by molar-refractivity contribution is 5.76. The molecule has 9 heteroatoms. The molecule has 1 saturated heterocycles. The van der Waals surface area contributed by atoms with Crippen molar-refractivity contribution in [2.24, 2.45) is 0 Å². The molecule has 4 heterocycles. The quantitative estimate of drug-likeness (QED) is 0.423. The zero-order valence-electron chi connectivity index (χ0n) is 20.1. The number of nitrogens with zero attached hydrogens (tertiary/aromatic N) is 6. The van der Waals surface area contributed by atoms with Crippen LogP contribution in [-0.2, 0) is 13.1 Å². The summed E-state index contributed by atoms with van der Waals surface area (Å²) in [5.41, 5.74) is 4.16. The lowest BCUT2D eigenvalue weighted by Gasteiger charge is -2.15. The van der Waals surface area contributed by atoms with Crippen molar-refractivity contribution in [1.82, 2.24) is 29.5 Å². The van der Waals surface area contributed by atoms with Crippen molar-refractivity contribution < 1.29 is 14.4 Å². The van der Waals surface area contributed by atoms with Gasteiger partial charge >= 0.3 is 6.03 Å². The second kappa shape index (κ2) is 10.1. The van der Waals surface area contributed by atoms with Gasteiger partial charge in [0.1, 0.15) is 17.6 Å². The van der Waals surface area contributed by atoms with Crippen molar-refractivity contribution in [3.05, 3.63) is 89.4 Å². The van der Waals surface area contributed by atoms with Gasteiger partial charge in [0.25, 0.3) is 0 Å². The number of aliphatic hydroxyl groups is 1. The van der Waals surface area contributed by atoms with Gasteiger partial charge in [-0.3, -0.25) is 4.98 Å². The van der Waals surface area contributed by atoms with E-state index in [-0.39, 0.29) is 6.03 Å². The first-order chi connectivity index (χ1) is 17.5. The van der Waals surface area contributed by atoms with E-state index in [2.05, 4.69) is 27.0 Å². The van der Waals surface area contributed by atoms with Crippen LogP contribution in [0.2, 0.25) is 0 Å². The molecule has 1 atom stereocenters. The lowest BCUT2D eigenvalue weighted by atomic mass is 10.1. The Morgan fingerprint density at radius 2 is 1.81 bits per heavy atom. The topological polar surface area (TPSA) is 101 Å². The number of carbonyl (C=O) groups is 1. The van der Waals surface area contributed by atoms with E-state index < -0.39 is 6.10 Å². The molecule has 1 aliphatic rings. The van der Waals surface area contributed by atoms with Crippen molar-refractivity contribution in [2.45, 2.75) is 26.1 Å². The first kappa shape index (κ1) is 23.3. The van der Waals surface area contributed by atoms with Crippen LogP contribution in [0.4, 0.5) is 4.79 Å². The number of urea groups is 1. The Morgan fingerprint density at radius 1 is 1.03 bits per heavy atom. The molecule has 1 N–H and O–H groups in total. The number of aliphatic hydroxyl groups excluding tert-OH is 1. The smallest absolute Gasteiger partial charge is 0.320 e. The molecule has 0 unspecified atom stereocenters. The first-order valence-corrected chi connectivity index (χ1v) is 11.7. The average molecular weight is 483 g/mol. The highest BCUT2D eigenvalue weighted by atomic mass is 16.5. The van der Waals surface area contributed by atoms with E-state index in [1.54, 1.807) is 42.4 Å². The summed E-state index contributed by atoms with van der Waals surface area (Å²) in [4.78, 5) is 24.2. The van der Waals surface area contributed by atoms with Crippen LogP contribution in [0.25, 0.3) is 11.3 Å². The molecule has 1 fully saturated rings. The van der Waals surface area contributed by atoms with Gasteiger partial charge < -0.3 is 24.0 Å². The number of benzene rings is 1. The van der Waals surface area contributed by atoms with Crippen molar-refractivity contribution in [3.63, 3.8) is 0 Å². The molecule has 1 aromatic carbocycles. The number of aromatic nitrogens is 4. The third-order valence-corrected chi connectivity index (χ3v) is 6.01. The van der Waals surface area contributed by atoms with Crippen LogP contribution in [0.1, 0.15) is 41.4 Å². The highest BCUT2D eigenvalue weighted by Crippen LogP contribution is 2.22. The molecular weight excluding hydrogens is 456 g/mol. The summed E-state index contributed by atoms with van der Waals surface area (Å²) in [6.07, 6.45) is 4.54. The Bertz CT molecular complexity index is 1410. The maximum atomic E-state index is 12.0. The van der Waals surface area contributed by atoms with E-state index >= 15 is 0 Å². The number of imidazole rings is 1. The van der Waals surface area contributed by atoms with E-state index in [0.717, 1.165) is 41.2 Å². The molecule has 36 heavy (non-hydrogen) atoms. The lowest BCUT2D eigenvalue weighted by molar-refractivity contribution is 0.184. The number of pyridine rings is 1. The Kier molecular flexibility index (Phi) is 6.52. The SMILES string of the molecule is C[C@H](O)c1nccn1Cc1cc(-c2ccc(C#Cc3ccc(CN4CCN(C)C4=O)nc3)cc2)on1. The predicted molar refractivity (Wildman–Crippen MR) is 133 cm³/mol. The minimum atomic E-state index is -0.656. The Hall–Kier alpha value is -4.42. The maximum Gasteiger partial charge on any atom is 0.320 e. The number of likely N-dealkylation sites (N-methyl/N-ethyl adjacent to an activating group) is 1. The van der Waals surface area contributed by atoms with E-state index in [1.165, 1.54) is 0 Å². The summed E-state index contributed by atoms with van der Waals surface area (Å²) in [6.45, 7) is 4.12. The molecule has 5 rings (SSSR count). The molecule has 1 aliphatic heterocycles. The monoisotopic (exact) mass is 482 g/mol. The lowest BCUT2D eigenvalue weighted by Crippen LogP contribution is -2.29. The number of rotatable bonds is 6. The number of hydrogen-bond donors (Lipinski definition) is 1. The van der Waals surface area contributed by atoms with Crippen molar-refractivity contribution >= 4 is 6.03 Å². The fourth-order valence-electron chi connectivity index (χ4n) is 4.02. The van der Waals surface area contributed by atoms with E-state index in [4.69, 9.17) is 4.52 Å². The van der Waals surface area contributed by atoms with E-state index in [9.17, 15) is 9.90 Å².